The first-order chi connectivity index (χ1) is 9.02. The summed E-state index contributed by atoms with van der Waals surface area (Å²) in [6.45, 7) is 2.23. The Labute approximate surface area is 155 Å². The molecular weight excluding hydrogens is 302 g/mol. The number of nitrogens with two attached hydrogens (primary N) is 1. The van der Waals surface area contributed by atoms with Gasteiger partial charge in [-0.2, -0.15) is 8.42 Å². The fourth-order valence-corrected chi connectivity index (χ4v) is 2.96. The van der Waals surface area contributed by atoms with Crippen molar-refractivity contribution in [2.24, 2.45) is 5.73 Å². The van der Waals surface area contributed by atoms with Crippen LogP contribution in [0.1, 0.15) is 77.6 Å². The van der Waals surface area contributed by atoms with Crippen LogP contribution in [0.15, 0.2) is 0 Å². The Morgan fingerprint density at radius 1 is 0.900 bits per heavy atom. The first-order valence-electron chi connectivity index (χ1n) is 7.68. The van der Waals surface area contributed by atoms with Gasteiger partial charge in [0.2, 0.25) is 0 Å². The summed E-state index contributed by atoms with van der Waals surface area (Å²) in [5.74, 6) is 0. The van der Waals surface area contributed by atoms with E-state index in [-0.39, 0.29) is 44.3 Å². The third kappa shape index (κ3) is 14.1. The van der Waals surface area contributed by atoms with Gasteiger partial charge >= 0.3 is 37.7 Å². The molecule has 0 aliphatic rings. The van der Waals surface area contributed by atoms with E-state index in [0.29, 0.717) is 6.42 Å². The Hall–Kier alpha value is 1.13. The molecule has 0 aliphatic carbocycles. The molecule has 1 atom stereocenters. The van der Waals surface area contributed by atoms with E-state index in [0.717, 1.165) is 19.3 Å². The van der Waals surface area contributed by atoms with Gasteiger partial charge in [0.25, 0.3) is 10.1 Å². The second-order valence-corrected chi connectivity index (χ2v) is 7.04. The minimum absolute atomic E-state index is 0. The van der Waals surface area contributed by atoms with Crippen molar-refractivity contribution in [1.82, 2.24) is 0 Å². The monoisotopic (exact) mass is 335 g/mol. The first-order valence-corrected chi connectivity index (χ1v) is 9.19. The van der Waals surface area contributed by atoms with Crippen LogP contribution in [0.3, 0.4) is 0 Å². The molecule has 0 radical (unpaired) electrons. The predicted molar refractivity (Wildman–Crippen MR) is 89.4 cm³/mol. The average molecular weight is 336 g/mol. The van der Waals surface area contributed by atoms with Gasteiger partial charge in [-0.25, -0.2) is 0 Å². The standard InChI is InChI=1S/C14H31NO3S.Ca.2H/c1-2-3-4-5-6-7-8-9-10-11-12-14(13-15)19(16,17)18;;;/h14H,2-13,15H2,1H3,(H,16,17,18);;;. The molecule has 4 nitrogen and oxygen atoms in total. The van der Waals surface area contributed by atoms with E-state index >= 15 is 0 Å². The van der Waals surface area contributed by atoms with Crippen LogP contribution in [-0.4, -0.2) is 62.5 Å². The maximum absolute atomic E-state index is 10.9. The Bertz CT molecular complexity index is 297. The molecule has 0 fully saturated rings. The van der Waals surface area contributed by atoms with Crippen LogP contribution in [0, 0.1) is 0 Å². The molecule has 0 aliphatic heterocycles. The summed E-state index contributed by atoms with van der Waals surface area (Å²) >= 11 is 0. The maximum atomic E-state index is 10.9. The molecule has 0 rings (SSSR count). The quantitative estimate of drug-likeness (QED) is 0.308. The molecule has 3 N–H and O–H groups in total. The van der Waals surface area contributed by atoms with E-state index in [1.807, 2.05) is 0 Å². The van der Waals surface area contributed by atoms with Crippen LogP contribution in [0.5, 0.6) is 0 Å². The molecule has 0 aromatic heterocycles. The fraction of sp³-hybridized carbons (Fsp3) is 1.00. The molecular formula is C14H33CaNO3S. The van der Waals surface area contributed by atoms with E-state index in [1.54, 1.807) is 0 Å². The molecule has 120 valence electrons. The summed E-state index contributed by atoms with van der Waals surface area (Å²) in [5, 5.41) is -0.776. The van der Waals surface area contributed by atoms with Gasteiger partial charge in [0.15, 0.2) is 0 Å². The Balaban J connectivity index is 0. The van der Waals surface area contributed by atoms with Gasteiger partial charge < -0.3 is 5.73 Å². The van der Waals surface area contributed by atoms with E-state index in [4.69, 9.17) is 10.3 Å². The molecule has 0 saturated carbocycles. The van der Waals surface area contributed by atoms with Gasteiger partial charge in [0.05, 0.1) is 5.25 Å². The topological polar surface area (TPSA) is 80.4 Å². The van der Waals surface area contributed by atoms with Crippen molar-refractivity contribution in [1.29, 1.82) is 0 Å². The van der Waals surface area contributed by atoms with Gasteiger partial charge in [0, 0.05) is 6.54 Å². The Kier molecular flexibility index (Phi) is 17.6. The molecule has 6 heteroatoms. The second-order valence-electron chi connectivity index (χ2n) is 5.34. The summed E-state index contributed by atoms with van der Waals surface area (Å²) in [4.78, 5) is 0. The third-order valence-electron chi connectivity index (χ3n) is 3.56. The normalized spacial score (nSPS) is 12.9. The molecule has 0 spiro atoms. The van der Waals surface area contributed by atoms with Gasteiger partial charge in [-0.05, 0) is 6.42 Å². The number of rotatable bonds is 13. The summed E-state index contributed by atoms with van der Waals surface area (Å²) < 4.78 is 30.8. The molecule has 1 unspecified atom stereocenters. The van der Waals surface area contributed by atoms with Crippen molar-refractivity contribution in [3.05, 3.63) is 0 Å². The molecule has 0 amide bonds. The number of hydrogen-bond acceptors (Lipinski definition) is 3. The molecule has 0 bridgehead atoms. The summed E-state index contributed by atoms with van der Waals surface area (Å²) in [7, 11) is -3.95. The number of unbranched alkanes of at least 4 members (excludes halogenated alkanes) is 9. The molecule has 20 heavy (non-hydrogen) atoms. The van der Waals surface area contributed by atoms with Crippen molar-refractivity contribution in [2.45, 2.75) is 82.8 Å². The van der Waals surface area contributed by atoms with Crippen LogP contribution in [0.4, 0.5) is 0 Å². The zero-order valence-electron chi connectivity index (χ0n) is 12.3. The van der Waals surface area contributed by atoms with Crippen molar-refractivity contribution in [3.8, 4) is 0 Å². The van der Waals surface area contributed by atoms with Crippen LogP contribution in [-0.2, 0) is 10.1 Å². The molecule has 0 saturated heterocycles. The number of hydrogen-bond donors (Lipinski definition) is 2. The summed E-state index contributed by atoms with van der Waals surface area (Å²) in [6, 6.07) is 0. The fourth-order valence-electron chi connectivity index (χ4n) is 2.25. The van der Waals surface area contributed by atoms with Crippen molar-refractivity contribution in [3.63, 3.8) is 0 Å². The zero-order chi connectivity index (χ0) is 14.6. The average Bonchev–Trinajstić information content (AvgIpc) is 2.34. The second kappa shape index (κ2) is 15.0. The predicted octanol–water partition coefficient (Wildman–Crippen LogP) is 2.60. The van der Waals surface area contributed by atoms with Crippen LogP contribution < -0.4 is 5.73 Å². The van der Waals surface area contributed by atoms with Crippen LogP contribution in [0.2, 0.25) is 0 Å². The molecule has 0 heterocycles. The summed E-state index contributed by atoms with van der Waals surface area (Å²) in [5.41, 5.74) is 5.34. The van der Waals surface area contributed by atoms with E-state index in [1.165, 1.54) is 44.9 Å². The van der Waals surface area contributed by atoms with Crippen molar-refractivity contribution < 1.29 is 13.0 Å². The van der Waals surface area contributed by atoms with E-state index in [2.05, 4.69) is 6.92 Å². The Morgan fingerprint density at radius 2 is 1.30 bits per heavy atom. The van der Waals surface area contributed by atoms with Gasteiger partial charge in [0.1, 0.15) is 0 Å². The Morgan fingerprint density at radius 3 is 1.65 bits per heavy atom. The van der Waals surface area contributed by atoms with Crippen molar-refractivity contribution >= 4 is 47.9 Å². The minimum atomic E-state index is -3.95. The van der Waals surface area contributed by atoms with E-state index < -0.39 is 15.4 Å². The van der Waals surface area contributed by atoms with E-state index in [9.17, 15) is 8.42 Å². The van der Waals surface area contributed by atoms with Gasteiger partial charge in [-0.1, -0.05) is 71.1 Å². The van der Waals surface area contributed by atoms with Gasteiger partial charge in [-0.15, -0.1) is 0 Å². The first kappa shape index (κ1) is 23.4. The summed E-state index contributed by atoms with van der Waals surface area (Å²) in [6.07, 6.45) is 12.6. The van der Waals surface area contributed by atoms with Crippen molar-refractivity contribution in [2.75, 3.05) is 6.54 Å². The molecule has 0 aromatic carbocycles. The zero-order valence-corrected chi connectivity index (χ0v) is 13.1. The third-order valence-corrected chi connectivity index (χ3v) is 4.83. The molecule has 0 aromatic rings. The van der Waals surface area contributed by atoms with Crippen LogP contribution in [0.25, 0.3) is 0 Å². The SMILES string of the molecule is CCCCCCCCCCCCC(CN)S(=O)(=O)O.[CaH2]. The van der Waals surface area contributed by atoms with Crippen LogP contribution >= 0.6 is 0 Å². The van der Waals surface area contributed by atoms with Gasteiger partial charge in [-0.3, -0.25) is 4.55 Å².